The zero-order valence-corrected chi connectivity index (χ0v) is 6.91. The summed E-state index contributed by atoms with van der Waals surface area (Å²) in [5, 5.41) is 8.63. The van der Waals surface area contributed by atoms with E-state index < -0.39 is 5.97 Å². The Balaban J connectivity index is 0.000000810. The van der Waals surface area contributed by atoms with Gasteiger partial charge in [0.05, 0.1) is 5.41 Å². The van der Waals surface area contributed by atoms with Crippen molar-refractivity contribution in [2.45, 2.75) is 32.6 Å². The summed E-state index contributed by atoms with van der Waals surface area (Å²) >= 11 is 0. The van der Waals surface area contributed by atoms with Crippen molar-refractivity contribution < 1.29 is 9.90 Å². The van der Waals surface area contributed by atoms with E-state index >= 15 is 0 Å². The number of rotatable bonds is 3. The second kappa shape index (κ2) is 3.24. The van der Waals surface area contributed by atoms with Gasteiger partial charge >= 0.3 is 5.97 Å². The summed E-state index contributed by atoms with van der Waals surface area (Å²) in [4.78, 5) is 10.5. The van der Waals surface area contributed by atoms with Crippen molar-refractivity contribution in [3.63, 3.8) is 0 Å². The number of halogens is 1. The third-order valence-corrected chi connectivity index (χ3v) is 2.04. The molecular weight excluding hydrogens is 152 g/mol. The fourth-order valence-electron chi connectivity index (χ4n) is 1.20. The normalized spacial score (nSPS) is 19.3. The highest BCUT2D eigenvalue weighted by atomic mass is 35.5. The number of hydrogen-bond acceptors (Lipinski definition) is 1. The molecule has 60 valence electrons. The van der Waals surface area contributed by atoms with Gasteiger partial charge in [-0.05, 0) is 19.3 Å². The van der Waals surface area contributed by atoms with Crippen molar-refractivity contribution >= 4 is 18.4 Å². The smallest absolute Gasteiger partial charge is 0.309 e. The summed E-state index contributed by atoms with van der Waals surface area (Å²) in [5.41, 5.74) is -0.283. The summed E-state index contributed by atoms with van der Waals surface area (Å²) in [6.07, 6.45) is 3.65. The Kier molecular flexibility index (Phi) is 3.16. The molecule has 0 aromatic rings. The Bertz CT molecular complexity index is 130. The summed E-state index contributed by atoms with van der Waals surface area (Å²) in [5.74, 6) is -0.593. The molecule has 2 nitrogen and oxygen atoms in total. The Morgan fingerprint density at radius 3 is 2.20 bits per heavy atom. The first-order valence-corrected chi connectivity index (χ1v) is 3.45. The Hall–Kier alpha value is -0.240. The summed E-state index contributed by atoms with van der Waals surface area (Å²) in [7, 11) is 0. The Morgan fingerprint density at radius 2 is 2.10 bits per heavy atom. The van der Waals surface area contributed by atoms with E-state index in [2.05, 4.69) is 0 Å². The van der Waals surface area contributed by atoms with Crippen LogP contribution in [0.3, 0.4) is 0 Å². The highest BCUT2D eigenvalue weighted by molar-refractivity contribution is 5.85. The molecule has 1 aliphatic rings. The summed E-state index contributed by atoms with van der Waals surface area (Å²) in [6, 6.07) is 0. The first-order valence-electron chi connectivity index (χ1n) is 3.45. The van der Waals surface area contributed by atoms with Gasteiger partial charge in [0.25, 0.3) is 0 Å². The molecule has 0 heterocycles. The van der Waals surface area contributed by atoms with Crippen LogP contribution in [0.2, 0.25) is 0 Å². The highest BCUT2D eigenvalue weighted by Crippen LogP contribution is 2.49. The molecule has 1 fully saturated rings. The molecule has 0 amide bonds. The molecule has 1 saturated carbocycles. The van der Waals surface area contributed by atoms with Crippen molar-refractivity contribution in [2.24, 2.45) is 5.41 Å². The zero-order chi connectivity index (χ0) is 6.91. The van der Waals surface area contributed by atoms with E-state index in [1.165, 1.54) is 0 Å². The minimum Gasteiger partial charge on any atom is -0.481 e. The maximum atomic E-state index is 10.5. The van der Waals surface area contributed by atoms with Crippen LogP contribution in [-0.2, 0) is 4.79 Å². The predicted molar refractivity (Wildman–Crippen MR) is 41.5 cm³/mol. The molecule has 10 heavy (non-hydrogen) atoms. The summed E-state index contributed by atoms with van der Waals surface area (Å²) < 4.78 is 0. The zero-order valence-electron chi connectivity index (χ0n) is 6.09. The minimum absolute atomic E-state index is 0. The molecule has 0 unspecified atom stereocenters. The van der Waals surface area contributed by atoms with E-state index in [-0.39, 0.29) is 17.8 Å². The highest BCUT2D eigenvalue weighted by Gasteiger charge is 2.48. The average Bonchev–Trinajstić information content (AvgIpc) is 2.49. The first kappa shape index (κ1) is 9.76. The van der Waals surface area contributed by atoms with Gasteiger partial charge in [-0.25, -0.2) is 0 Å². The summed E-state index contributed by atoms with van der Waals surface area (Å²) in [6.45, 7) is 2.03. The molecule has 1 N–H and O–H groups in total. The molecule has 1 rings (SSSR count). The van der Waals surface area contributed by atoms with E-state index in [0.29, 0.717) is 0 Å². The van der Waals surface area contributed by atoms with Gasteiger partial charge in [-0.2, -0.15) is 0 Å². The molecule has 1 aliphatic carbocycles. The molecule has 0 aromatic carbocycles. The van der Waals surface area contributed by atoms with E-state index in [4.69, 9.17) is 5.11 Å². The van der Waals surface area contributed by atoms with Crippen LogP contribution >= 0.6 is 12.4 Å². The van der Waals surface area contributed by atoms with Crippen LogP contribution < -0.4 is 0 Å². The van der Waals surface area contributed by atoms with Gasteiger partial charge in [-0.15, -0.1) is 12.4 Å². The monoisotopic (exact) mass is 164 g/mol. The number of carboxylic acid groups (broad SMARTS) is 1. The topological polar surface area (TPSA) is 37.3 Å². The van der Waals surface area contributed by atoms with Crippen LogP contribution in [-0.4, -0.2) is 11.1 Å². The molecule has 3 heteroatoms. The SMILES string of the molecule is CCCC1(C(=O)O)CC1.Cl. The van der Waals surface area contributed by atoms with Crippen LogP contribution in [0.15, 0.2) is 0 Å². The van der Waals surface area contributed by atoms with Crippen LogP contribution in [0.25, 0.3) is 0 Å². The van der Waals surface area contributed by atoms with Gasteiger partial charge < -0.3 is 5.11 Å². The molecule has 0 saturated heterocycles. The second-order valence-corrected chi connectivity index (χ2v) is 2.84. The van der Waals surface area contributed by atoms with Crippen molar-refractivity contribution in [3.05, 3.63) is 0 Å². The van der Waals surface area contributed by atoms with Crippen molar-refractivity contribution in [3.8, 4) is 0 Å². The average molecular weight is 165 g/mol. The quantitative estimate of drug-likeness (QED) is 0.694. The lowest BCUT2D eigenvalue weighted by molar-refractivity contribution is -0.143. The van der Waals surface area contributed by atoms with Gasteiger partial charge in [0, 0.05) is 0 Å². The number of hydrogen-bond donors (Lipinski definition) is 1. The molecule has 0 atom stereocenters. The lowest BCUT2D eigenvalue weighted by Crippen LogP contribution is -2.13. The maximum absolute atomic E-state index is 10.5. The number of carbonyl (C=O) groups is 1. The molecule has 0 bridgehead atoms. The molecule has 0 spiro atoms. The standard InChI is InChI=1S/C7H12O2.ClH/c1-2-3-7(4-5-7)6(8)9;/h2-5H2,1H3,(H,8,9);1H. The van der Waals surface area contributed by atoms with Gasteiger partial charge in [0.15, 0.2) is 0 Å². The lowest BCUT2D eigenvalue weighted by Gasteiger charge is -2.04. The first-order chi connectivity index (χ1) is 4.21. The van der Waals surface area contributed by atoms with Gasteiger partial charge in [-0.3, -0.25) is 4.79 Å². The van der Waals surface area contributed by atoms with Gasteiger partial charge in [0.2, 0.25) is 0 Å². The van der Waals surface area contributed by atoms with Gasteiger partial charge in [0.1, 0.15) is 0 Å². The van der Waals surface area contributed by atoms with Crippen molar-refractivity contribution in [1.82, 2.24) is 0 Å². The molecular formula is C7H13ClO2. The third kappa shape index (κ3) is 1.63. The van der Waals surface area contributed by atoms with Crippen LogP contribution in [0, 0.1) is 5.41 Å². The fourth-order valence-corrected chi connectivity index (χ4v) is 1.20. The van der Waals surface area contributed by atoms with Crippen molar-refractivity contribution in [1.29, 1.82) is 0 Å². The van der Waals surface area contributed by atoms with Gasteiger partial charge in [-0.1, -0.05) is 13.3 Å². The number of aliphatic carboxylic acids is 1. The Morgan fingerprint density at radius 1 is 1.60 bits per heavy atom. The van der Waals surface area contributed by atoms with E-state index in [1.54, 1.807) is 0 Å². The largest absolute Gasteiger partial charge is 0.481 e. The van der Waals surface area contributed by atoms with Crippen molar-refractivity contribution in [2.75, 3.05) is 0 Å². The second-order valence-electron chi connectivity index (χ2n) is 2.84. The van der Waals surface area contributed by atoms with E-state index in [1.807, 2.05) is 6.92 Å². The minimum atomic E-state index is -0.593. The van der Waals surface area contributed by atoms with E-state index in [9.17, 15) is 4.79 Å². The fraction of sp³-hybridized carbons (Fsp3) is 0.857. The maximum Gasteiger partial charge on any atom is 0.309 e. The molecule has 0 aromatic heterocycles. The van der Waals surface area contributed by atoms with Crippen LogP contribution in [0.4, 0.5) is 0 Å². The number of carboxylic acids is 1. The van der Waals surface area contributed by atoms with E-state index in [0.717, 1.165) is 25.7 Å². The predicted octanol–water partition coefficient (Wildman–Crippen LogP) is 2.07. The lowest BCUT2D eigenvalue weighted by atomic mass is 10.0. The molecule has 0 radical (unpaired) electrons. The molecule has 0 aliphatic heterocycles. The third-order valence-electron chi connectivity index (χ3n) is 2.04. The van der Waals surface area contributed by atoms with Crippen LogP contribution in [0.5, 0.6) is 0 Å². The Labute approximate surface area is 67.0 Å². The van der Waals surface area contributed by atoms with Crippen LogP contribution in [0.1, 0.15) is 32.6 Å².